The first-order valence-corrected chi connectivity index (χ1v) is 7.11. The molecule has 4 rings (SSSR count). The van der Waals surface area contributed by atoms with Gasteiger partial charge in [-0.05, 0) is 41.8 Å². The summed E-state index contributed by atoms with van der Waals surface area (Å²) >= 11 is 0. The van der Waals surface area contributed by atoms with E-state index in [1.807, 2.05) is 12.1 Å². The number of hydrogen-bond acceptors (Lipinski definition) is 3. The van der Waals surface area contributed by atoms with Crippen molar-refractivity contribution < 1.29 is 8.81 Å². The van der Waals surface area contributed by atoms with Crippen LogP contribution in [0.4, 0.5) is 4.39 Å². The number of benzene rings is 2. The van der Waals surface area contributed by atoms with Crippen molar-refractivity contribution in [2.24, 2.45) is 4.99 Å². The highest BCUT2D eigenvalue weighted by atomic mass is 19.1. The molecule has 2 aromatic carbocycles. The highest BCUT2D eigenvalue weighted by molar-refractivity contribution is 6.06. The SMILES string of the molecule is O=c1c(C2=CCCC=N2)coc2ccc3ccc(F)cc3c12. The van der Waals surface area contributed by atoms with Gasteiger partial charge in [0.05, 0.1) is 16.6 Å². The molecule has 0 bridgehead atoms. The van der Waals surface area contributed by atoms with Crippen molar-refractivity contribution in [1.29, 1.82) is 0 Å². The van der Waals surface area contributed by atoms with Crippen LogP contribution in [0, 0.1) is 5.82 Å². The molecule has 0 saturated carbocycles. The van der Waals surface area contributed by atoms with Crippen LogP contribution in [0.2, 0.25) is 0 Å². The zero-order valence-corrected chi connectivity index (χ0v) is 11.7. The van der Waals surface area contributed by atoms with Crippen LogP contribution in [0.3, 0.4) is 0 Å². The third-order valence-corrected chi connectivity index (χ3v) is 3.86. The predicted molar refractivity (Wildman–Crippen MR) is 85.7 cm³/mol. The molecule has 0 fully saturated rings. The van der Waals surface area contributed by atoms with E-state index in [1.165, 1.54) is 18.4 Å². The lowest BCUT2D eigenvalue weighted by atomic mass is 10.0. The highest BCUT2D eigenvalue weighted by Gasteiger charge is 2.14. The molecule has 0 spiro atoms. The van der Waals surface area contributed by atoms with Crippen LogP contribution >= 0.6 is 0 Å². The quantitative estimate of drug-likeness (QED) is 0.628. The van der Waals surface area contributed by atoms with Gasteiger partial charge in [-0.25, -0.2) is 4.39 Å². The maximum absolute atomic E-state index is 13.6. The average Bonchev–Trinajstić information content (AvgIpc) is 2.55. The van der Waals surface area contributed by atoms with Gasteiger partial charge in [-0.2, -0.15) is 0 Å². The lowest BCUT2D eigenvalue weighted by molar-refractivity contribution is 0.600. The Morgan fingerprint density at radius 2 is 2.00 bits per heavy atom. The van der Waals surface area contributed by atoms with Crippen molar-refractivity contribution in [3.8, 4) is 0 Å². The number of hydrogen-bond donors (Lipinski definition) is 0. The van der Waals surface area contributed by atoms with Gasteiger partial charge in [0.25, 0.3) is 0 Å². The third-order valence-electron chi connectivity index (χ3n) is 3.86. The van der Waals surface area contributed by atoms with E-state index in [-0.39, 0.29) is 11.2 Å². The Labute approximate surface area is 125 Å². The Morgan fingerprint density at radius 1 is 1.14 bits per heavy atom. The summed E-state index contributed by atoms with van der Waals surface area (Å²) in [6.45, 7) is 0. The van der Waals surface area contributed by atoms with Crippen LogP contribution in [0.5, 0.6) is 0 Å². The maximum atomic E-state index is 13.6. The minimum Gasteiger partial charge on any atom is -0.463 e. The molecular formula is C18H12FNO2. The largest absolute Gasteiger partial charge is 0.463 e. The summed E-state index contributed by atoms with van der Waals surface area (Å²) in [6, 6.07) is 7.97. The molecule has 0 saturated heterocycles. The predicted octanol–water partition coefficient (Wildman–Crippen LogP) is 4.29. The van der Waals surface area contributed by atoms with Crippen molar-refractivity contribution in [2.45, 2.75) is 12.8 Å². The highest BCUT2D eigenvalue weighted by Crippen LogP contribution is 2.26. The summed E-state index contributed by atoms with van der Waals surface area (Å²) < 4.78 is 19.2. The monoisotopic (exact) mass is 293 g/mol. The van der Waals surface area contributed by atoms with Crippen LogP contribution in [0.25, 0.3) is 27.4 Å². The first kappa shape index (κ1) is 13.0. The van der Waals surface area contributed by atoms with Gasteiger partial charge in [0.15, 0.2) is 0 Å². The van der Waals surface area contributed by atoms with E-state index < -0.39 is 0 Å². The molecule has 108 valence electrons. The molecule has 1 aliphatic heterocycles. The van der Waals surface area contributed by atoms with E-state index in [1.54, 1.807) is 18.3 Å². The van der Waals surface area contributed by atoms with Crippen LogP contribution in [-0.4, -0.2) is 6.21 Å². The van der Waals surface area contributed by atoms with E-state index in [4.69, 9.17) is 4.42 Å². The molecule has 0 unspecified atom stereocenters. The number of rotatable bonds is 1. The fraction of sp³-hybridized carbons (Fsp3) is 0.111. The zero-order valence-electron chi connectivity index (χ0n) is 11.7. The lowest BCUT2D eigenvalue weighted by Gasteiger charge is -2.08. The number of allylic oxidation sites excluding steroid dienone is 1. The molecule has 1 aromatic heterocycles. The summed E-state index contributed by atoms with van der Waals surface area (Å²) in [5.41, 5.74) is 1.31. The molecule has 0 radical (unpaired) electrons. The second kappa shape index (κ2) is 4.91. The van der Waals surface area contributed by atoms with Crippen molar-refractivity contribution in [1.82, 2.24) is 0 Å². The molecule has 3 nitrogen and oxygen atoms in total. The van der Waals surface area contributed by atoms with Crippen LogP contribution in [0.1, 0.15) is 18.4 Å². The Morgan fingerprint density at radius 3 is 2.82 bits per heavy atom. The number of nitrogens with zero attached hydrogens (tertiary/aromatic N) is 1. The number of fused-ring (bicyclic) bond motifs is 3. The zero-order chi connectivity index (χ0) is 15.1. The molecule has 0 N–H and O–H groups in total. The smallest absolute Gasteiger partial charge is 0.202 e. The summed E-state index contributed by atoms with van der Waals surface area (Å²) in [4.78, 5) is 17.1. The van der Waals surface area contributed by atoms with E-state index in [0.29, 0.717) is 27.6 Å². The fourth-order valence-electron chi connectivity index (χ4n) is 2.78. The summed E-state index contributed by atoms with van der Waals surface area (Å²) in [6.07, 6.45) is 6.87. The van der Waals surface area contributed by atoms with Crippen LogP contribution in [-0.2, 0) is 0 Å². The molecular weight excluding hydrogens is 281 g/mol. The van der Waals surface area contributed by atoms with Crippen molar-refractivity contribution >= 4 is 33.7 Å². The van der Waals surface area contributed by atoms with Gasteiger partial charge in [0, 0.05) is 6.21 Å². The van der Waals surface area contributed by atoms with Crippen molar-refractivity contribution in [3.63, 3.8) is 0 Å². The maximum Gasteiger partial charge on any atom is 0.202 e. The molecule has 0 amide bonds. The van der Waals surface area contributed by atoms with Gasteiger partial charge in [-0.3, -0.25) is 9.79 Å². The van der Waals surface area contributed by atoms with Crippen LogP contribution in [0.15, 0.2) is 56.9 Å². The second-order valence-electron chi connectivity index (χ2n) is 5.26. The normalized spacial score (nSPS) is 14.5. The molecule has 4 heteroatoms. The van der Waals surface area contributed by atoms with E-state index in [2.05, 4.69) is 4.99 Å². The fourth-order valence-corrected chi connectivity index (χ4v) is 2.78. The second-order valence-corrected chi connectivity index (χ2v) is 5.26. The number of halogens is 1. The van der Waals surface area contributed by atoms with Crippen molar-refractivity contribution in [2.75, 3.05) is 0 Å². The van der Waals surface area contributed by atoms with Gasteiger partial charge in [0.1, 0.15) is 17.7 Å². The van der Waals surface area contributed by atoms with Gasteiger partial charge < -0.3 is 4.42 Å². The van der Waals surface area contributed by atoms with Crippen LogP contribution < -0.4 is 5.43 Å². The minimum absolute atomic E-state index is 0.178. The third kappa shape index (κ3) is 1.96. The molecule has 22 heavy (non-hydrogen) atoms. The molecule has 0 aliphatic carbocycles. The van der Waals surface area contributed by atoms with E-state index >= 15 is 0 Å². The number of aliphatic imine (C=N–C) groups is 1. The Hall–Kier alpha value is -2.75. The summed E-state index contributed by atoms with van der Waals surface area (Å²) in [7, 11) is 0. The molecule has 1 aliphatic rings. The summed E-state index contributed by atoms with van der Waals surface area (Å²) in [5, 5.41) is 1.77. The summed E-state index contributed by atoms with van der Waals surface area (Å²) in [5.74, 6) is -0.375. The molecule has 3 aromatic rings. The van der Waals surface area contributed by atoms with Gasteiger partial charge >= 0.3 is 0 Å². The molecule has 0 atom stereocenters. The Balaban J connectivity index is 2.11. The Kier molecular flexibility index (Phi) is 2.89. The first-order chi connectivity index (χ1) is 10.7. The topological polar surface area (TPSA) is 42.6 Å². The minimum atomic E-state index is -0.375. The van der Waals surface area contributed by atoms with Gasteiger partial charge in [-0.1, -0.05) is 18.2 Å². The van der Waals surface area contributed by atoms with Crippen molar-refractivity contribution in [3.05, 3.63) is 64.3 Å². The van der Waals surface area contributed by atoms with E-state index in [9.17, 15) is 9.18 Å². The van der Waals surface area contributed by atoms with E-state index in [0.717, 1.165) is 18.2 Å². The van der Waals surface area contributed by atoms with Gasteiger partial charge in [-0.15, -0.1) is 0 Å². The van der Waals surface area contributed by atoms with Gasteiger partial charge in [0.2, 0.25) is 5.43 Å². The Bertz CT molecular complexity index is 1010. The lowest BCUT2D eigenvalue weighted by Crippen LogP contribution is -2.09. The first-order valence-electron chi connectivity index (χ1n) is 7.11. The standard InChI is InChI=1S/C18H12FNO2/c19-12-6-4-11-5-7-16-17(13(11)9-12)18(21)14(10-22-16)15-3-1-2-8-20-15/h3-10H,1-2H2. The average molecular weight is 293 g/mol. The molecule has 2 heterocycles.